The first-order valence-corrected chi connectivity index (χ1v) is 19.0. The number of nitrogens with one attached hydrogen (secondary N) is 2. The number of hydrogen-bond donors (Lipinski definition) is 3. The smallest absolute Gasteiger partial charge is 0.306 e. The molecular weight excluding hydrogens is 671 g/mol. The van der Waals surface area contributed by atoms with E-state index in [1.807, 2.05) is 70.0 Å². The number of likely N-dealkylation sites (N-methyl/N-ethyl adjacent to an activating group) is 2. The summed E-state index contributed by atoms with van der Waals surface area (Å²) in [6.45, 7) is 11.7. The molecule has 1 aliphatic rings. The molecule has 1 aromatic carbocycles. The molecule has 3 N–H and O–H groups in total. The van der Waals surface area contributed by atoms with E-state index in [9.17, 15) is 29.1 Å². The SMILES string of the molecule is CCC(C)[C@H](NC(=O)[C@H]1CCCCN1C)C(=O)N(C)[C@H](C[C@H](OC(C)=O)c1nc(C(=O)N[C@@H](Cc2ccccc2)C[C@H](C)C(=O)O)cs1)C(C)C. The zero-order valence-electron chi connectivity index (χ0n) is 31.4. The van der Waals surface area contributed by atoms with Crippen LogP contribution in [0.2, 0.25) is 0 Å². The second-order valence-corrected chi connectivity index (χ2v) is 15.3. The number of aromatic nitrogens is 1. The molecular formula is C38H57N5O7S. The standard InChI is InChI=1S/C38H57N5O7S/c1-9-24(4)33(41-35(46)30-17-13-14-18-42(30)7)37(47)43(8)31(23(2)3)21-32(50-26(6)44)36-40-29(22-51-36)34(45)39-28(19-25(5)38(48)49)20-27-15-11-10-12-16-27/h10-12,15-16,22-25,28,30-33H,9,13-14,17-21H2,1-8H3,(H,39,45)(H,41,46)(H,48,49)/t24?,25-,28+,30+,31+,32-,33-/m0/s1. The predicted molar refractivity (Wildman–Crippen MR) is 197 cm³/mol. The maximum Gasteiger partial charge on any atom is 0.306 e. The lowest BCUT2D eigenvalue weighted by Gasteiger charge is -2.38. The van der Waals surface area contributed by atoms with Gasteiger partial charge in [0.05, 0.1) is 12.0 Å². The number of ether oxygens (including phenoxy) is 1. The minimum absolute atomic E-state index is 0.0486. The summed E-state index contributed by atoms with van der Waals surface area (Å²) in [6, 6.07) is 7.68. The molecule has 0 bridgehead atoms. The minimum Gasteiger partial charge on any atom is -0.481 e. The van der Waals surface area contributed by atoms with E-state index in [-0.39, 0.29) is 48.2 Å². The Morgan fingerprint density at radius 3 is 2.33 bits per heavy atom. The van der Waals surface area contributed by atoms with Gasteiger partial charge in [0.15, 0.2) is 6.10 Å². The third-order valence-electron chi connectivity index (χ3n) is 9.98. The topological polar surface area (TPSA) is 158 Å². The zero-order valence-corrected chi connectivity index (χ0v) is 32.2. The van der Waals surface area contributed by atoms with Crippen molar-refractivity contribution < 1.29 is 33.8 Å². The average molecular weight is 728 g/mol. The highest BCUT2D eigenvalue weighted by Gasteiger charge is 2.37. The van der Waals surface area contributed by atoms with Gasteiger partial charge in [-0.3, -0.25) is 28.9 Å². The molecule has 51 heavy (non-hydrogen) atoms. The van der Waals surface area contributed by atoms with Crippen molar-refractivity contribution in [2.45, 2.75) is 117 Å². The zero-order chi connectivity index (χ0) is 37.8. The normalized spacial score (nSPS) is 18.5. The summed E-state index contributed by atoms with van der Waals surface area (Å²) in [5, 5.41) is 17.6. The molecule has 1 unspecified atom stereocenters. The van der Waals surface area contributed by atoms with Crippen molar-refractivity contribution in [1.29, 1.82) is 0 Å². The van der Waals surface area contributed by atoms with Crippen molar-refractivity contribution in [2.75, 3.05) is 20.6 Å². The molecule has 2 aromatic rings. The second kappa shape index (κ2) is 19.7. The number of carbonyl (C=O) groups is 5. The molecule has 0 saturated carbocycles. The van der Waals surface area contributed by atoms with Crippen molar-refractivity contribution in [1.82, 2.24) is 25.4 Å². The van der Waals surface area contributed by atoms with E-state index in [2.05, 4.69) is 15.6 Å². The van der Waals surface area contributed by atoms with Crippen molar-refractivity contribution in [3.8, 4) is 0 Å². The molecule has 0 aliphatic carbocycles. The number of rotatable bonds is 18. The van der Waals surface area contributed by atoms with Crippen LogP contribution >= 0.6 is 11.3 Å². The van der Waals surface area contributed by atoms with Crippen LogP contribution in [0.15, 0.2) is 35.7 Å². The van der Waals surface area contributed by atoms with Crippen LogP contribution in [-0.2, 0) is 30.3 Å². The highest BCUT2D eigenvalue weighted by molar-refractivity contribution is 7.09. The summed E-state index contributed by atoms with van der Waals surface area (Å²) < 4.78 is 5.76. The molecule has 282 valence electrons. The number of thiazole rings is 1. The largest absolute Gasteiger partial charge is 0.481 e. The molecule has 3 amide bonds. The van der Waals surface area contributed by atoms with Gasteiger partial charge in [-0.05, 0) is 56.7 Å². The van der Waals surface area contributed by atoms with Crippen LogP contribution in [-0.4, -0.2) is 94.4 Å². The van der Waals surface area contributed by atoms with Crippen molar-refractivity contribution in [3.63, 3.8) is 0 Å². The Morgan fingerprint density at radius 2 is 1.75 bits per heavy atom. The van der Waals surface area contributed by atoms with Crippen LogP contribution < -0.4 is 10.6 Å². The molecule has 7 atom stereocenters. The number of benzene rings is 1. The number of amides is 3. The number of carboxylic acids is 1. The van der Waals surface area contributed by atoms with Crippen LogP contribution in [0.1, 0.15) is 107 Å². The van der Waals surface area contributed by atoms with Gasteiger partial charge in [-0.15, -0.1) is 11.3 Å². The monoisotopic (exact) mass is 727 g/mol. The van der Waals surface area contributed by atoms with Crippen LogP contribution in [0.4, 0.5) is 0 Å². The fourth-order valence-corrected chi connectivity index (χ4v) is 7.48. The predicted octanol–water partition coefficient (Wildman–Crippen LogP) is 5.09. The Kier molecular flexibility index (Phi) is 16.0. The second-order valence-electron chi connectivity index (χ2n) is 14.4. The lowest BCUT2D eigenvalue weighted by molar-refractivity contribution is -0.149. The first-order valence-electron chi connectivity index (χ1n) is 18.1. The molecule has 2 heterocycles. The highest BCUT2D eigenvalue weighted by Crippen LogP contribution is 2.31. The van der Waals surface area contributed by atoms with Crippen molar-refractivity contribution in [3.05, 3.63) is 52.0 Å². The van der Waals surface area contributed by atoms with Crippen LogP contribution in [0.5, 0.6) is 0 Å². The fraction of sp³-hybridized carbons (Fsp3) is 0.632. The molecule has 1 aromatic heterocycles. The van der Waals surface area contributed by atoms with E-state index < -0.39 is 48.0 Å². The van der Waals surface area contributed by atoms with Crippen molar-refractivity contribution in [2.24, 2.45) is 17.8 Å². The number of aliphatic carboxylic acids is 1. The van der Waals surface area contributed by atoms with E-state index in [1.54, 1.807) is 24.3 Å². The Bertz CT molecular complexity index is 1470. The van der Waals surface area contributed by atoms with E-state index in [4.69, 9.17) is 4.74 Å². The minimum atomic E-state index is -0.944. The molecule has 12 nitrogen and oxygen atoms in total. The summed E-state index contributed by atoms with van der Waals surface area (Å²) in [7, 11) is 3.66. The Morgan fingerprint density at radius 1 is 1.06 bits per heavy atom. The van der Waals surface area contributed by atoms with Gasteiger partial charge in [-0.25, -0.2) is 4.98 Å². The van der Waals surface area contributed by atoms with Gasteiger partial charge in [0, 0.05) is 37.9 Å². The van der Waals surface area contributed by atoms with Crippen LogP contribution in [0, 0.1) is 17.8 Å². The van der Waals surface area contributed by atoms with E-state index >= 15 is 0 Å². The third kappa shape index (κ3) is 12.1. The molecule has 3 rings (SSSR count). The number of esters is 1. The molecule has 1 aliphatic heterocycles. The summed E-state index contributed by atoms with van der Waals surface area (Å²) in [5.41, 5.74) is 1.09. The maximum absolute atomic E-state index is 14.2. The molecule has 0 spiro atoms. The Labute approximate surface area is 306 Å². The fourth-order valence-electron chi connectivity index (χ4n) is 6.64. The molecule has 0 radical (unpaired) electrons. The summed E-state index contributed by atoms with van der Waals surface area (Å²) in [4.78, 5) is 73.3. The van der Waals surface area contributed by atoms with Crippen molar-refractivity contribution >= 4 is 41.0 Å². The van der Waals surface area contributed by atoms with Gasteiger partial charge >= 0.3 is 11.9 Å². The number of likely N-dealkylation sites (tertiary alicyclic amines) is 1. The first-order chi connectivity index (χ1) is 24.1. The third-order valence-corrected chi connectivity index (χ3v) is 10.9. The summed E-state index contributed by atoms with van der Waals surface area (Å²) in [6.07, 6.45) is 3.53. The summed E-state index contributed by atoms with van der Waals surface area (Å²) in [5.74, 6) is -3.11. The van der Waals surface area contributed by atoms with Gasteiger partial charge in [0.25, 0.3) is 5.91 Å². The summed E-state index contributed by atoms with van der Waals surface area (Å²) >= 11 is 1.18. The average Bonchev–Trinajstić information content (AvgIpc) is 3.59. The highest BCUT2D eigenvalue weighted by atomic mass is 32.1. The lowest BCUT2D eigenvalue weighted by Crippen LogP contribution is -2.58. The molecule has 1 saturated heterocycles. The number of hydrogen-bond acceptors (Lipinski definition) is 9. The first kappa shape index (κ1) is 41.6. The Balaban J connectivity index is 1.81. The van der Waals surface area contributed by atoms with Gasteiger partial charge in [0.1, 0.15) is 16.7 Å². The number of nitrogens with zero attached hydrogens (tertiary/aromatic N) is 3. The number of piperidine rings is 1. The maximum atomic E-state index is 14.2. The quantitative estimate of drug-likeness (QED) is 0.178. The number of carbonyl (C=O) groups excluding carboxylic acids is 4. The van der Waals surface area contributed by atoms with Gasteiger partial charge in [-0.2, -0.15) is 0 Å². The molecule has 1 fully saturated rings. The van der Waals surface area contributed by atoms with Crippen LogP contribution in [0.3, 0.4) is 0 Å². The van der Waals surface area contributed by atoms with Crippen LogP contribution in [0.25, 0.3) is 0 Å². The van der Waals surface area contributed by atoms with Gasteiger partial charge in [0.2, 0.25) is 11.8 Å². The van der Waals surface area contributed by atoms with E-state index in [1.165, 1.54) is 18.3 Å². The Hall–Kier alpha value is -3.84. The van der Waals surface area contributed by atoms with Gasteiger partial charge < -0.3 is 25.4 Å². The molecule has 13 heteroatoms. The van der Waals surface area contributed by atoms with Gasteiger partial charge in [-0.1, -0.05) is 77.8 Å². The number of carboxylic acid groups (broad SMARTS) is 1. The van der Waals surface area contributed by atoms with E-state index in [0.29, 0.717) is 17.8 Å². The van der Waals surface area contributed by atoms with E-state index in [0.717, 1.165) is 31.4 Å². The lowest BCUT2D eigenvalue weighted by atomic mass is 9.92.